The molecule has 4 saturated carbocycles. The van der Waals surface area contributed by atoms with Gasteiger partial charge in [-0.3, -0.25) is 0 Å². The van der Waals surface area contributed by atoms with Crippen LogP contribution in [-0.2, 0) is 53.1 Å². The predicted octanol–water partition coefficient (Wildman–Crippen LogP) is 4.89. The van der Waals surface area contributed by atoms with Crippen molar-refractivity contribution in [1.29, 1.82) is 0 Å². The summed E-state index contributed by atoms with van der Waals surface area (Å²) in [5.74, 6) is 0.209. The molecule has 0 N–H and O–H groups in total. The molecule has 0 heterocycles. The average molecular weight is 671 g/mol. The van der Waals surface area contributed by atoms with Crippen molar-refractivity contribution >= 4 is 27.1 Å². The minimum Gasteiger partial charge on any atom is -0.351 e. The molecule has 4 fully saturated rings. The SMILES string of the molecule is CCO[Si](OCC)(OCC)OC12CC3CC(O[Si](OCC)(OCC)OCC)(C1)CC(O[Si](OCC)(OCC)OCC)(C3)C2. The summed E-state index contributed by atoms with van der Waals surface area (Å²) in [5, 5.41) is 0. The van der Waals surface area contributed by atoms with Crippen molar-refractivity contribution in [2.45, 2.75) is 118 Å². The van der Waals surface area contributed by atoms with E-state index < -0.39 is 43.9 Å². The summed E-state index contributed by atoms with van der Waals surface area (Å²) in [7, 11) is -10.6. The van der Waals surface area contributed by atoms with Gasteiger partial charge in [0, 0.05) is 78.7 Å². The van der Waals surface area contributed by atoms with Crippen molar-refractivity contribution in [2.75, 3.05) is 59.5 Å². The van der Waals surface area contributed by atoms with Crippen molar-refractivity contribution < 1.29 is 53.1 Å². The molecule has 4 aliphatic carbocycles. The van der Waals surface area contributed by atoms with Gasteiger partial charge in [-0.25, -0.2) is 0 Å². The molecule has 0 aliphatic heterocycles. The fourth-order valence-electron chi connectivity index (χ4n) is 7.54. The highest BCUT2D eigenvalue weighted by atomic mass is 28.4. The van der Waals surface area contributed by atoms with Gasteiger partial charge in [-0.15, -0.1) is 0 Å². The third kappa shape index (κ3) is 8.96. The first-order valence-corrected chi connectivity index (χ1v) is 21.3. The maximum absolute atomic E-state index is 7.10. The molecule has 0 aromatic rings. The van der Waals surface area contributed by atoms with Gasteiger partial charge in [0.15, 0.2) is 0 Å². The summed E-state index contributed by atoms with van der Waals surface area (Å²) in [5.41, 5.74) is -2.16. The molecule has 0 unspecified atom stereocenters. The zero-order chi connectivity index (χ0) is 31.7. The maximum atomic E-state index is 7.10. The van der Waals surface area contributed by atoms with Crippen LogP contribution in [-0.4, -0.2) is 103 Å². The zero-order valence-electron chi connectivity index (χ0n) is 28.1. The highest BCUT2D eigenvalue weighted by molar-refractivity contribution is 6.54. The Morgan fingerprint density at radius 1 is 0.372 bits per heavy atom. The molecule has 4 bridgehead atoms. The van der Waals surface area contributed by atoms with E-state index in [1.807, 2.05) is 62.3 Å². The average Bonchev–Trinajstić information content (AvgIpc) is 2.88. The molecule has 0 radical (unpaired) electrons. The standard InChI is InChI=1S/C28H58O12Si3/c1-10-29-41(30-11-2,31-12-3)38-26-19-25-20-27(22-26,39-42(32-13-4,33-14-5)34-15-6)24-28(21-25,23-26)40-43(35-16-7,36-17-8)37-18-9/h25H,10-24H2,1-9H3. The number of rotatable bonds is 24. The van der Waals surface area contributed by atoms with Gasteiger partial charge in [0.2, 0.25) is 0 Å². The smallest absolute Gasteiger partial charge is 0.351 e. The molecule has 0 atom stereocenters. The number of hydrogen-bond donors (Lipinski definition) is 0. The van der Waals surface area contributed by atoms with Gasteiger partial charge in [-0.1, -0.05) is 0 Å². The summed E-state index contributed by atoms with van der Waals surface area (Å²) < 4.78 is 77.2. The second kappa shape index (κ2) is 16.3. The van der Waals surface area contributed by atoms with E-state index in [4.69, 9.17) is 53.1 Å². The Labute approximate surface area is 263 Å². The quantitative estimate of drug-likeness (QED) is 0.131. The van der Waals surface area contributed by atoms with E-state index in [2.05, 4.69) is 0 Å². The lowest BCUT2D eigenvalue weighted by Gasteiger charge is -2.66. The molecule has 0 aromatic carbocycles. The fourth-order valence-corrected chi connectivity index (χ4v) is 14.3. The number of hydrogen-bond acceptors (Lipinski definition) is 12. The maximum Gasteiger partial charge on any atom is 0.680 e. The van der Waals surface area contributed by atoms with E-state index in [0.717, 1.165) is 19.3 Å². The van der Waals surface area contributed by atoms with Crippen LogP contribution in [0.15, 0.2) is 0 Å². The molecule has 43 heavy (non-hydrogen) atoms. The molecular formula is C28H58O12Si3. The van der Waals surface area contributed by atoms with Gasteiger partial charge in [0.05, 0.1) is 16.8 Å². The van der Waals surface area contributed by atoms with Gasteiger partial charge < -0.3 is 53.1 Å². The molecule has 4 aliphatic rings. The lowest BCUT2D eigenvalue weighted by atomic mass is 9.50. The molecule has 12 nitrogen and oxygen atoms in total. The summed E-state index contributed by atoms with van der Waals surface area (Å²) in [6.07, 6.45) is 4.09. The normalized spacial score (nSPS) is 29.1. The summed E-state index contributed by atoms with van der Waals surface area (Å²) in [6.45, 7) is 21.0. The van der Waals surface area contributed by atoms with E-state index in [0.29, 0.717) is 78.7 Å². The van der Waals surface area contributed by atoms with E-state index in [1.54, 1.807) is 0 Å². The fraction of sp³-hybridized carbons (Fsp3) is 1.00. The monoisotopic (exact) mass is 670 g/mol. The van der Waals surface area contributed by atoms with Crippen LogP contribution in [0.1, 0.15) is 101 Å². The predicted molar refractivity (Wildman–Crippen MR) is 165 cm³/mol. The van der Waals surface area contributed by atoms with Gasteiger partial charge in [0.25, 0.3) is 0 Å². The van der Waals surface area contributed by atoms with Crippen LogP contribution in [0.3, 0.4) is 0 Å². The molecule has 0 saturated heterocycles. The third-order valence-electron chi connectivity index (χ3n) is 7.83. The molecule has 15 heteroatoms. The van der Waals surface area contributed by atoms with Crippen LogP contribution >= 0.6 is 0 Å². The van der Waals surface area contributed by atoms with Gasteiger partial charge in [-0.2, -0.15) is 0 Å². The molecular weight excluding hydrogens is 613 g/mol. The van der Waals surface area contributed by atoms with E-state index in [9.17, 15) is 0 Å². The molecule has 0 amide bonds. The largest absolute Gasteiger partial charge is 0.680 e. The second-order valence-electron chi connectivity index (χ2n) is 11.3. The van der Waals surface area contributed by atoms with E-state index in [-0.39, 0.29) is 5.92 Å². The summed E-state index contributed by atoms with van der Waals surface area (Å²) >= 11 is 0. The van der Waals surface area contributed by atoms with Gasteiger partial charge in [-0.05, 0) is 87.5 Å². The topological polar surface area (TPSA) is 111 Å². The van der Waals surface area contributed by atoms with Crippen molar-refractivity contribution in [2.24, 2.45) is 5.92 Å². The first kappa shape index (κ1) is 37.6. The van der Waals surface area contributed by atoms with Gasteiger partial charge in [0.1, 0.15) is 0 Å². The Balaban J connectivity index is 2.14. The van der Waals surface area contributed by atoms with Crippen LogP contribution in [0.25, 0.3) is 0 Å². The molecule has 254 valence electrons. The molecule has 0 spiro atoms. The van der Waals surface area contributed by atoms with Crippen molar-refractivity contribution in [3.8, 4) is 0 Å². The van der Waals surface area contributed by atoms with Gasteiger partial charge >= 0.3 is 27.1 Å². The summed E-state index contributed by atoms with van der Waals surface area (Å²) in [6, 6.07) is 0. The Morgan fingerprint density at radius 3 is 0.721 bits per heavy atom. The Bertz CT molecular complexity index is 675. The second-order valence-corrected chi connectivity index (χ2v) is 17.5. The molecule has 0 aromatic heterocycles. The van der Waals surface area contributed by atoms with Crippen LogP contribution < -0.4 is 0 Å². The minimum atomic E-state index is -3.53. The van der Waals surface area contributed by atoms with Crippen LogP contribution in [0.4, 0.5) is 0 Å². The van der Waals surface area contributed by atoms with Crippen molar-refractivity contribution in [3.63, 3.8) is 0 Å². The molecule has 4 rings (SSSR count). The Hall–Kier alpha value is 0.171. The highest BCUT2D eigenvalue weighted by Gasteiger charge is 2.72. The Morgan fingerprint density at radius 2 is 0.558 bits per heavy atom. The van der Waals surface area contributed by atoms with Crippen molar-refractivity contribution in [3.05, 3.63) is 0 Å². The first-order chi connectivity index (χ1) is 20.6. The Kier molecular flexibility index (Phi) is 14.3. The van der Waals surface area contributed by atoms with Crippen molar-refractivity contribution in [1.82, 2.24) is 0 Å². The highest BCUT2D eigenvalue weighted by Crippen LogP contribution is 2.64. The zero-order valence-corrected chi connectivity index (χ0v) is 31.1. The first-order valence-electron chi connectivity index (χ1n) is 16.4. The van der Waals surface area contributed by atoms with E-state index in [1.165, 1.54) is 0 Å². The lowest BCUT2D eigenvalue weighted by molar-refractivity contribution is -0.274. The lowest BCUT2D eigenvalue weighted by Crippen LogP contribution is -2.74. The van der Waals surface area contributed by atoms with Crippen LogP contribution in [0, 0.1) is 5.92 Å². The van der Waals surface area contributed by atoms with Crippen LogP contribution in [0.2, 0.25) is 0 Å². The summed E-state index contributed by atoms with van der Waals surface area (Å²) in [4.78, 5) is 0. The van der Waals surface area contributed by atoms with Crippen LogP contribution in [0.5, 0.6) is 0 Å². The minimum absolute atomic E-state index is 0.209. The van der Waals surface area contributed by atoms with E-state index >= 15 is 0 Å². The third-order valence-corrected chi connectivity index (χ3v) is 15.7.